The van der Waals surface area contributed by atoms with E-state index in [1.807, 2.05) is 0 Å². The smallest absolute Gasteiger partial charge is 0.141 e. The Kier molecular flexibility index (Phi) is 3.15. The van der Waals surface area contributed by atoms with E-state index in [1.165, 1.54) is 24.3 Å². The van der Waals surface area contributed by atoms with E-state index in [0.717, 1.165) is 6.20 Å². The lowest BCUT2D eigenvalue weighted by Crippen LogP contribution is -2.03. The summed E-state index contributed by atoms with van der Waals surface area (Å²) >= 11 is 0. The van der Waals surface area contributed by atoms with Gasteiger partial charge in [0, 0.05) is 0 Å². The molecule has 17 heavy (non-hydrogen) atoms. The van der Waals surface area contributed by atoms with Crippen LogP contribution >= 0.6 is 0 Å². The minimum atomic E-state index is -0.977. The summed E-state index contributed by atoms with van der Waals surface area (Å²) in [4.78, 5) is 3.79. The van der Waals surface area contributed by atoms with Gasteiger partial charge >= 0.3 is 0 Å². The van der Waals surface area contributed by atoms with Gasteiger partial charge in [-0.25, -0.2) is 8.78 Å². The van der Waals surface area contributed by atoms with E-state index >= 15 is 0 Å². The summed E-state index contributed by atoms with van der Waals surface area (Å²) in [7, 11) is 0. The normalized spacial score (nSPS) is 12.5. The lowest BCUT2D eigenvalue weighted by atomic mass is 10.0. The van der Waals surface area contributed by atoms with E-state index in [-0.39, 0.29) is 5.82 Å². The summed E-state index contributed by atoms with van der Waals surface area (Å²) in [5, 5.41) is 9.99. The SMILES string of the molecule is Cc1cc(C(O)c2ccc(F)cn2)ccc1F. The van der Waals surface area contributed by atoms with Crippen LogP contribution in [0.2, 0.25) is 0 Å². The fourth-order valence-corrected chi connectivity index (χ4v) is 1.56. The molecule has 0 aliphatic heterocycles. The number of halogens is 2. The highest BCUT2D eigenvalue weighted by Gasteiger charge is 2.13. The van der Waals surface area contributed by atoms with Crippen molar-refractivity contribution in [3.05, 3.63) is 65.0 Å². The molecule has 0 aliphatic carbocycles. The summed E-state index contributed by atoms with van der Waals surface area (Å²) in [6, 6.07) is 6.95. The maximum Gasteiger partial charge on any atom is 0.141 e. The first-order valence-corrected chi connectivity index (χ1v) is 5.13. The first kappa shape index (κ1) is 11.7. The van der Waals surface area contributed by atoms with Crippen molar-refractivity contribution >= 4 is 0 Å². The Labute approximate surface area is 97.6 Å². The van der Waals surface area contributed by atoms with Crippen LogP contribution in [0.25, 0.3) is 0 Å². The van der Waals surface area contributed by atoms with Crippen LogP contribution in [-0.4, -0.2) is 10.1 Å². The first-order chi connectivity index (χ1) is 8.08. The van der Waals surface area contributed by atoms with Gasteiger partial charge in [0.15, 0.2) is 0 Å². The largest absolute Gasteiger partial charge is 0.382 e. The first-order valence-electron chi connectivity index (χ1n) is 5.13. The molecule has 0 fully saturated rings. The molecule has 0 amide bonds. The molecule has 0 saturated heterocycles. The van der Waals surface area contributed by atoms with Gasteiger partial charge in [-0.2, -0.15) is 0 Å². The van der Waals surface area contributed by atoms with E-state index < -0.39 is 11.9 Å². The van der Waals surface area contributed by atoms with Crippen molar-refractivity contribution in [2.75, 3.05) is 0 Å². The summed E-state index contributed by atoms with van der Waals surface area (Å²) in [5.74, 6) is -0.788. The standard InChI is InChI=1S/C13H11F2NO/c1-8-6-9(2-4-11(8)15)13(17)12-5-3-10(14)7-16-12/h2-7,13,17H,1H3. The van der Waals surface area contributed by atoms with E-state index in [4.69, 9.17) is 0 Å². The van der Waals surface area contributed by atoms with Gasteiger partial charge in [0.05, 0.1) is 11.9 Å². The molecule has 2 nitrogen and oxygen atoms in total. The van der Waals surface area contributed by atoms with Crippen molar-refractivity contribution < 1.29 is 13.9 Å². The van der Waals surface area contributed by atoms with Gasteiger partial charge in [0.1, 0.15) is 17.7 Å². The van der Waals surface area contributed by atoms with Gasteiger partial charge in [-0.3, -0.25) is 4.98 Å². The van der Waals surface area contributed by atoms with E-state index in [2.05, 4.69) is 4.98 Å². The van der Waals surface area contributed by atoms with Crippen LogP contribution in [0, 0.1) is 18.6 Å². The summed E-state index contributed by atoms with van der Waals surface area (Å²) < 4.78 is 25.7. The third-order valence-corrected chi connectivity index (χ3v) is 2.53. The number of aliphatic hydroxyl groups is 1. The number of rotatable bonds is 2. The number of benzene rings is 1. The van der Waals surface area contributed by atoms with Crippen molar-refractivity contribution in [3.8, 4) is 0 Å². The predicted molar refractivity (Wildman–Crippen MR) is 59.4 cm³/mol. The van der Waals surface area contributed by atoms with E-state index in [0.29, 0.717) is 16.8 Å². The van der Waals surface area contributed by atoms with Crippen molar-refractivity contribution in [1.82, 2.24) is 4.98 Å². The minimum Gasteiger partial charge on any atom is -0.382 e. The number of nitrogens with zero attached hydrogens (tertiary/aromatic N) is 1. The van der Waals surface area contributed by atoms with Gasteiger partial charge in [-0.15, -0.1) is 0 Å². The maximum absolute atomic E-state index is 13.1. The number of hydrogen-bond donors (Lipinski definition) is 1. The topological polar surface area (TPSA) is 33.1 Å². The lowest BCUT2D eigenvalue weighted by Gasteiger charge is -2.11. The maximum atomic E-state index is 13.1. The number of aromatic nitrogens is 1. The van der Waals surface area contributed by atoms with Gasteiger partial charge in [-0.1, -0.05) is 12.1 Å². The highest BCUT2D eigenvalue weighted by atomic mass is 19.1. The summed E-state index contributed by atoms with van der Waals surface area (Å²) in [6.45, 7) is 1.61. The monoisotopic (exact) mass is 235 g/mol. The van der Waals surface area contributed by atoms with Crippen LogP contribution in [0.15, 0.2) is 36.5 Å². The van der Waals surface area contributed by atoms with Crippen LogP contribution in [0.3, 0.4) is 0 Å². The Balaban J connectivity index is 2.33. The Morgan fingerprint density at radius 2 is 1.94 bits per heavy atom. The van der Waals surface area contributed by atoms with Crippen molar-refractivity contribution in [2.45, 2.75) is 13.0 Å². The molecule has 2 rings (SSSR count). The van der Waals surface area contributed by atoms with Crippen LogP contribution in [0.4, 0.5) is 8.78 Å². The summed E-state index contributed by atoms with van der Waals surface area (Å²) in [6.07, 6.45) is 0.0597. The van der Waals surface area contributed by atoms with Gasteiger partial charge in [0.25, 0.3) is 0 Å². The van der Waals surface area contributed by atoms with Crippen LogP contribution in [0.1, 0.15) is 22.9 Å². The molecule has 0 saturated carbocycles. The zero-order valence-electron chi connectivity index (χ0n) is 9.19. The van der Waals surface area contributed by atoms with Crippen molar-refractivity contribution in [2.24, 2.45) is 0 Å². The van der Waals surface area contributed by atoms with Crippen LogP contribution < -0.4 is 0 Å². The van der Waals surface area contributed by atoms with Crippen LogP contribution in [-0.2, 0) is 0 Å². The second-order valence-corrected chi connectivity index (χ2v) is 3.81. The molecule has 1 N–H and O–H groups in total. The van der Waals surface area contributed by atoms with E-state index in [9.17, 15) is 13.9 Å². The Morgan fingerprint density at radius 1 is 1.18 bits per heavy atom. The quantitative estimate of drug-likeness (QED) is 0.868. The minimum absolute atomic E-state index is 0.326. The highest BCUT2D eigenvalue weighted by molar-refractivity contribution is 5.30. The molecule has 88 valence electrons. The molecule has 0 bridgehead atoms. The molecular formula is C13H11F2NO. The molecule has 1 atom stereocenters. The third kappa shape index (κ3) is 2.47. The fraction of sp³-hybridized carbons (Fsp3) is 0.154. The zero-order valence-corrected chi connectivity index (χ0v) is 9.19. The molecule has 0 aliphatic rings. The van der Waals surface area contributed by atoms with Gasteiger partial charge in [-0.05, 0) is 36.2 Å². The zero-order chi connectivity index (χ0) is 12.4. The number of aliphatic hydroxyl groups excluding tert-OH is 1. The third-order valence-electron chi connectivity index (χ3n) is 2.53. The molecule has 1 aromatic heterocycles. The average Bonchev–Trinajstić information content (AvgIpc) is 2.33. The Hall–Kier alpha value is -1.81. The number of aryl methyl sites for hydroxylation is 1. The molecule has 1 heterocycles. The second-order valence-electron chi connectivity index (χ2n) is 3.81. The van der Waals surface area contributed by atoms with Crippen LogP contribution in [0.5, 0.6) is 0 Å². The Morgan fingerprint density at radius 3 is 2.53 bits per heavy atom. The molecular weight excluding hydrogens is 224 g/mol. The average molecular weight is 235 g/mol. The summed E-state index contributed by atoms with van der Waals surface area (Å²) in [5.41, 5.74) is 1.31. The van der Waals surface area contributed by atoms with Crippen molar-refractivity contribution in [3.63, 3.8) is 0 Å². The van der Waals surface area contributed by atoms with Gasteiger partial charge in [0.2, 0.25) is 0 Å². The predicted octanol–water partition coefficient (Wildman–Crippen LogP) is 2.75. The van der Waals surface area contributed by atoms with Gasteiger partial charge < -0.3 is 5.11 Å². The molecule has 0 spiro atoms. The Bertz CT molecular complexity index is 525. The molecule has 1 aromatic carbocycles. The molecule has 0 radical (unpaired) electrons. The molecule has 1 unspecified atom stereocenters. The highest BCUT2D eigenvalue weighted by Crippen LogP contribution is 2.22. The molecule has 2 aromatic rings. The molecule has 4 heteroatoms. The van der Waals surface area contributed by atoms with E-state index in [1.54, 1.807) is 13.0 Å². The number of pyridine rings is 1. The number of hydrogen-bond acceptors (Lipinski definition) is 2. The lowest BCUT2D eigenvalue weighted by molar-refractivity contribution is 0.215. The second kappa shape index (κ2) is 4.59. The van der Waals surface area contributed by atoms with Crippen molar-refractivity contribution in [1.29, 1.82) is 0 Å². The fourth-order valence-electron chi connectivity index (χ4n) is 1.56.